The van der Waals surface area contributed by atoms with Crippen LogP contribution in [0.15, 0.2) is 18.2 Å². The van der Waals surface area contributed by atoms with E-state index in [4.69, 9.17) is 11.6 Å². The molecule has 0 N–H and O–H groups in total. The zero-order valence-corrected chi connectivity index (χ0v) is 11.8. The Bertz CT molecular complexity index is 439. The lowest BCUT2D eigenvalue weighted by Gasteiger charge is -2.23. The van der Waals surface area contributed by atoms with Crippen LogP contribution in [0.3, 0.4) is 0 Å². The third kappa shape index (κ3) is 3.99. The number of hydrogen-bond donors (Lipinski definition) is 0. The van der Waals surface area contributed by atoms with Crippen molar-refractivity contribution in [1.82, 2.24) is 9.88 Å². The summed E-state index contributed by atoms with van der Waals surface area (Å²) in [5, 5.41) is 0. The molecule has 0 aliphatic carbocycles. The minimum atomic E-state index is -4.40. The summed E-state index contributed by atoms with van der Waals surface area (Å²) in [5.74, 6) is 0.967. The van der Waals surface area contributed by atoms with Gasteiger partial charge < -0.3 is 9.80 Å². The van der Waals surface area contributed by atoms with Crippen LogP contribution in [0.1, 0.15) is 12.1 Å². The van der Waals surface area contributed by atoms with Gasteiger partial charge in [-0.3, -0.25) is 0 Å². The van der Waals surface area contributed by atoms with Gasteiger partial charge in [0.05, 0.1) is 0 Å². The minimum Gasteiger partial charge on any atom is -0.355 e. The van der Waals surface area contributed by atoms with Gasteiger partial charge in [-0.2, -0.15) is 13.2 Å². The maximum Gasteiger partial charge on any atom is 0.433 e. The molecule has 112 valence electrons. The third-order valence-electron chi connectivity index (χ3n) is 3.34. The molecule has 7 heteroatoms. The summed E-state index contributed by atoms with van der Waals surface area (Å²) in [7, 11) is 0. The maximum atomic E-state index is 12.7. The number of alkyl halides is 4. The fourth-order valence-corrected chi connectivity index (χ4v) is 2.54. The van der Waals surface area contributed by atoms with Gasteiger partial charge in [-0.1, -0.05) is 6.07 Å². The molecule has 2 heterocycles. The number of halogens is 4. The van der Waals surface area contributed by atoms with Crippen LogP contribution in [0.4, 0.5) is 19.0 Å². The first-order valence-corrected chi connectivity index (χ1v) is 7.11. The van der Waals surface area contributed by atoms with Gasteiger partial charge in [0.2, 0.25) is 0 Å². The number of hydrogen-bond acceptors (Lipinski definition) is 3. The molecule has 1 saturated heterocycles. The van der Waals surface area contributed by atoms with Gasteiger partial charge >= 0.3 is 6.18 Å². The summed E-state index contributed by atoms with van der Waals surface area (Å²) < 4.78 is 38.0. The molecule has 1 aliphatic rings. The molecule has 0 atom stereocenters. The summed E-state index contributed by atoms with van der Waals surface area (Å²) in [6.45, 7) is 3.91. The van der Waals surface area contributed by atoms with E-state index in [1.807, 2.05) is 4.90 Å². The number of rotatable bonds is 3. The molecule has 1 fully saturated rings. The lowest BCUT2D eigenvalue weighted by molar-refractivity contribution is -0.141. The molecule has 0 unspecified atom stereocenters. The Morgan fingerprint density at radius 1 is 1.15 bits per heavy atom. The first kappa shape index (κ1) is 15.4. The fraction of sp³-hybridized carbons (Fsp3) is 0.615. The van der Waals surface area contributed by atoms with Crippen molar-refractivity contribution in [1.29, 1.82) is 0 Å². The first-order valence-electron chi connectivity index (χ1n) is 6.58. The molecule has 0 spiro atoms. The van der Waals surface area contributed by atoms with Gasteiger partial charge in [0.25, 0.3) is 0 Å². The van der Waals surface area contributed by atoms with Crippen LogP contribution >= 0.6 is 11.6 Å². The van der Waals surface area contributed by atoms with Gasteiger partial charge in [-0.15, -0.1) is 11.6 Å². The van der Waals surface area contributed by atoms with E-state index < -0.39 is 11.9 Å². The van der Waals surface area contributed by atoms with Gasteiger partial charge in [0.15, 0.2) is 0 Å². The second-order valence-electron chi connectivity index (χ2n) is 4.75. The Balaban J connectivity index is 2.08. The van der Waals surface area contributed by atoms with Crippen molar-refractivity contribution in [3.05, 3.63) is 23.9 Å². The molecule has 0 aromatic carbocycles. The highest BCUT2D eigenvalue weighted by Crippen LogP contribution is 2.29. The van der Waals surface area contributed by atoms with Gasteiger partial charge in [-0.05, 0) is 25.1 Å². The molecule has 0 radical (unpaired) electrons. The standard InChI is InChI=1S/C13H17ClF3N3/c14-5-8-19-6-2-7-20(10-9-19)12-4-1-3-11(18-12)13(15,16)17/h1,3-4H,2,5-10H2. The Labute approximate surface area is 121 Å². The highest BCUT2D eigenvalue weighted by atomic mass is 35.5. The third-order valence-corrected chi connectivity index (χ3v) is 3.51. The van der Waals surface area contributed by atoms with Crippen molar-refractivity contribution < 1.29 is 13.2 Å². The van der Waals surface area contributed by atoms with E-state index in [1.54, 1.807) is 6.07 Å². The molecule has 0 amide bonds. The molecular weight excluding hydrogens is 291 g/mol. The van der Waals surface area contributed by atoms with Gasteiger partial charge in [0, 0.05) is 32.1 Å². The Morgan fingerprint density at radius 2 is 1.95 bits per heavy atom. The molecule has 0 bridgehead atoms. The quantitative estimate of drug-likeness (QED) is 0.801. The van der Waals surface area contributed by atoms with E-state index in [2.05, 4.69) is 9.88 Å². The van der Waals surface area contributed by atoms with E-state index in [9.17, 15) is 13.2 Å². The Hall–Kier alpha value is -1.01. The van der Waals surface area contributed by atoms with Crippen LogP contribution in [0.5, 0.6) is 0 Å². The summed E-state index contributed by atoms with van der Waals surface area (Å²) in [5.41, 5.74) is -0.836. The van der Waals surface area contributed by atoms with Crippen molar-refractivity contribution in [2.45, 2.75) is 12.6 Å². The van der Waals surface area contributed by atoms with Gasteiger partial charge in [0.1, 0.15) is 11.5 Å². The SMILES string of the molecule is FC(F)(F)c1cccc(N2CCCN(CCCl)CC2)n1. The van der Waals surface area contributed by atoms with Crippen molar-refractivity contribution >= 4 is 17.4 Å². The topological polar surface area (TPSA) is 19.4 Å². The maximum absolute atomic E-state index is 12.7. The van der Waals surface area contributed by atoms with Crippen LogP contribution < -0.4 is 4.90 Å². The second kappa shape index (κ2) is 6.63. The fourth-order valence-electron chi connectivity index (χ4n) is 2.30. The molecule has 2 rings (SSSR count). The van der Waals surface area contributed by atoms with Crippen molar-refractivity contribution in [3.63, 3.8) is 0 Å². The monoisotopic (exact) mass is 307 g/mol. The lowest BCUT2D eigenvalue weighted by atomic mass is 10.3. The van der Waals surface area contributed by atoms with Crippen LogP contribution in [-0.4, -0.2) is 48.5 Å². The number of nitrogens with zero attached hydrogens (tertiary/aromatic N) is 3. The van der Waals surface area contributed by atoms with Crippen molar-refractivity contribution in [3.8, 4) is 0 Å². The smallest absolute Gasteiger partial charge is 0.355 e. The van der Waals surface area contributed by atoms with Crippen molar-refractivity contribution in [2.24, 2.45) is 0 Å². The van der Waals surface area contributed by atoms with Crippen LogP contribution in [0.2, 0.25) is 0 Å². The lowest BCUT2D eigenvalue weighted by Crippen LogP contribution is -2.32. The molecule has 1 aromatic rings. The molecular formula is C13H17ClF3N3. The predicted octanol–water partition coefficient (Wildman–Crippen LogP) is 2.85. The minimum absolute atomic E-state index is 0.396. The summed E-state index contributed by atoms with van der Waals surface area (Å²) in [4.78, 5) is 7.87. The van der Waals surface area contributed by atoms with Crippen molar-refractivity contribution in [2.75, 3.05) is 43.5 Å². The molecule has 1 aromatic heterocycles. The highest BCUT2D eigenvalue weighted by Gasteiger charge is 2.32. The normalized spacial score (nSPS) is 18.1. The number of aromatic nitrogens is 1. The van der Waals surface area contributed by atoms with E-state index >= 15 is 0 Å². The van der Waals surface area contributed by atoms with Gasteiger partial charge in [-0.25, -0.2) is 4.98 Å². The average Bonchev–Trinajstić information content (AvgIpc) is 2.64. The predicted molar refractivity (Wildman–Crippen MR) is 73.2 cm³/mol. The van der Waals surface area contributed by atoms with Crippen LogP contribution in [0.25, 0.3) is 0 Å². The van der Waals surface area contributed by atoms with E-state index in [-0.39, 0.29) is 0 Å². The summed E-state index contributed by atoms with van der Waals surface area (Å²) >= 11 is 5.72. The molecule has 3 nitrogen and oxygen atoms in total. The van der Waals surface area contributed by atoms with E-state index in [0.29, 0.717) is 24.8 Å². The Morgan fingerprint density at radius 3 is 2.65 bits per heavy atom. The number of pyridine rings is 1. The molecule has 1 aliphatic heterocycles. The summed E-state index contributed by atoms with van der Waals surface area (Å²) in [6, 6.07) is 4.04. The molecule has 20 heavy (non-hydrogen) atoms. The molecule has 0 saturated carbocycles. The number of anilines is 1. The highest BCUT2D eigenvalue weighted by molar-refractivity contribution is 6.18. The van der Waals surface area contributed by atoms with Crippen LogP contribution in [0, 0.1) is 0 Å². The second-order valence-corrected chi connectivity index (χ2v) is 5.13. The first-order chi connectivity index (χ1) is 9.50. The largest absolute Gasteiger partial charge is 0.433 e. The van der Waals surface area contributed by atoms with E-state index in [0.717, 1.165) is 32.1 Å². The zero-order chi connectivity index (χ0) is 14.6. The zero-order valence-electron chi connectivity index (χ0n) is 11.0. The summed E-state index contributed by atoms with van der Waals surface area (Å²) in [6.07, 6.45) is -3.50. The van der Waals surface area contributed by atoms with E-state index in [1.165, 1.54) is 6.07 Å². The Kier molecular flexibility index (Phi) is 5.10. The average molecular weight is 308 g/mol. The van der Waals surface area contributed by atoms with Crippen LogP contribution in [-0.2, 0) is 6.18 Å².